The molecule has 2 amide bonds. The number of nitrogens with zero attached hydrogens (tertiary/aromatic N) is 2. The molecule has 146 valence electrons. The molecule has 2 aromatic rings. The number of amides is 2. The predicted molar refractivity (Wildman–Crippen MR) is 104 cm³/mol. The fourth-order valence-electron chi connectivity index (χ4n) is 3.33. The molecule has 2 heterocycles. The molecule has 0 bridgehead atoms. The maximum Gasteiger partial charge on any atom is 0.264 e. The van der Waals surface area contributed by atoms with Crippen LogP contribution >= 0.6 is 11.3 Å². The van der Waals surface area contributed by atoms with Crippen molar-refractivity contribution in [1.82, 2.24) is 15.1 Å². The van der Waals surface area contributed by atoms with Crippen LogP contribution in [0, 0.1) is 5.82 Å². The molecule has 1 N–H and O–H groups in total. The number of fused-ring (bicyclic) bond motifs is 1. The van der Waals surface area contributed by atoms with Gasteiger partial charge < -0.3 is 15.0 Å². The second-order valence-corrected chi connectivity index (χ2v) is 7.53. The van der Waals surface area contributed by atoms with Crippen molar-refractivity contribution in [1.29, 1.82) is 0 Å². The first-order valence-corrected chi connectivity index (χ1v) is 9.84. The van der Waals surface area contributed by atoms with Gasteiger partial charge in [0.2, 0.25) is 5.91 Å². The van der Waals surface area contributed by atoms with Gasteiger partial charge in [-0.05, 0) is 19.1 Å². The molecule has 8 heteroatoms. The molecular weight excluding hydrogens is 369 g/mol. The molecule has 0 atom stereocenters. The van der Waals surface area contributed by atoms with Gasteiger partial charge in [-0.2, -0.15) is 0 Å². The number of carbonyl (C=O) groups excluding carboxylic acids is 2. The Morgan fingerprint density at radius 1 is 1.26 bits per heavy atom. The molecule has 0 spiro atoms. The molecule has 3 rings (SSSR count). The van der Waals surface area contributed by atoms with Crippen molar-refractivity contribution in [2.45, 2.75) is 13.5 Å². The van der Waals surface area contributed by atoms with Crippen LogP contribution in [0.3, 0.4) is 0 Å². The lowest BCUT2D eigenvalue weighted by molar-refractivity contribution is -0.122. The van der Waals surface area contributed by atoms with Gasteiger partial charge in [-0.15, -0.1) is 11.3 Å². The van der Waals surface area contributed by atoms with Crippen LogP contribution in [0.25, 0.3) is 10.1 Å². The molecule has 1 aliphatic rings. The highest BCUT2D eigenvalue weighted by Crippen LogP contribution is 2.34. The standard InChI is InChI=1S/C19H24FN3O3S/c1-3-21-16(24)11-22-7-9-23(10-8-22)19(25)18-13(12-26-2)17-14(20)5-4-6-15(17)27-18/h4-6H,3,7-12H2,1-2H3,(H,21,24). The number of methoxy groups -OCH3 is 1. The van der Waals surface area contributed by atoms with Crippen molar-refractivity contribution >= 4 is 33.2 Å². The summed E-state index contributed by atoms with van der Waals surface area (Å²) in [6.07, 6.45) is 0. The maximum atomic E-state index is 14.3. The normalized spacial score (nSPS) is 15.3. The van der Waals surface area contributed by atoms with Gasteiger partial charge in [0.25, 0.3) is 5.91 Å². The van der Waals surface area contributed by atoms with E-state index in [1.165, 1.54) is 17.4 Å². The number of hydrogen-bond acceptors (Lipinski definition) is 5. The van der Waals surface area contributed by atoms with E-state index in [0.29, 0.717) is 55.1 Å². The lowest BCUT2D eigenvalue weighted by Gasteiger charge is -2.34. The number of likely N-dealkylation sites (N-methyl/N-ethyl adjacent to an activating group) is 1. The molecule has 1 aromatic heterocycles. The summed E-state index contributed by atoms with van der Waals surface area (Å²) in [4.78, 5) is 29.1. The van der Waals surface area contributed by atoms with Gasteiger partial charge in [-0.3, -0.25) is 14.5 Å². The Morgan fingerprint density at radius 2 is 2.00 bits per heavy atom. The van der Waals surface area contributed by atoms with Crippen molar-refractivity contribution in [2.24, 2.45) is 0 Å². The summed E-state index contributed by atoms with van der Waals surface area (Å²) in [5.74, 6) is -0.429. The molecule has 0 radical (unpaired) electrons. The molecule has 0 unspecified atom stereocenters. The average molecular weight is 393 g/mol. The van der Waals surface area contributed by atoms with Crippen LogP contribution in [0.2, 0.25) is 0 Å². The fraction of sp³-hybridized carbons (Fsp3) is 0.474. The van der Waals surface area contributed by atoms with Gasteiger partial charge in [0.1, 0.15) is 5.82 Å². The van der Waals surface area contributed by atoms with Gasteiger partial charge in [0.05, 0.1) is 18.0 Å². The lowest BCUT2D eigenvalue weighted by Crippen LogP contribution is -2.51. The van der Waals surface area contributed by atoms with Gasteiger partial charge >= 0.3 is 0 Å². The summed E-state index contributed by atoms with van der Waals surface area (Å²) in [5, 5.41) is 3.26. The highest BCUT2D eigenvalue weighted by Gasteiger charge is 2.27. The van der Waals surface area contributed by atoms with E-state index in [1.54, 1.807) is 18.1 Å². The third kappa shape index (κ3) is 4.28. The van der Waals surface area contributed by atoms with E-state index in [2.05, 4.69) is 5.32 Å². The molecule has 0 aliphatic carbocycles. The third-order valence-corrected chi connectivity index (χ3v) is 5.83. The Kier molecular flexibility index (Phi) is 6.41. The maximum absolute atomic E-state index is 14.3. The third-order valence-electron chi connectivity index (χ3n) is 4.65. The van der Waals surface area contributed by atoms with Crippen LogP contribution in [-0.4, -0.2) is 68.0 Å². The first kappa shape index (κ1) is 19.7. The van der Waals surface area contributed by atoms with Crippen molar-refractivity contribution < 1.29 is 18.7 Å². The predicted octanol–water partition coefficient (Wildman–Crippen LogP) is 2.08. The van der Waals surface area contributed by atoms with Gasteiger partial charge in [0, 0.05) is 55.5 Å². The minimum absolute atomic E-state index is 0.000334. The van der Waals surface area contributed by atoms with E-state index < -0.39 is 0 Å². The highest BCUT2D eigenvalue weighted by molar-refractivity contribution is 7.21. The van der Waals surface area contributed by atoms with Crippen molar-refractivity contribution in [3.8, 4) is 0 Å². The summed E-state index contributed by atoms with van der Waals surface area (Å²) < 4.78 is 20.3. The fourth-order valence-corrected chi connectivity index (χ4v) is 4.52. The van der Waals surface area contributed by atoms with Crippen molar-refractivity contribution in [3.05, 3.63) is 34.5 Å². The van der Waals surface area contributed by atoms with Crippen LogP contribution in [0.4, 0.5) is 4.39 Å². The van der Waals surface area contributed by atoms with E-state index >= 15 is 0 Å². The van der Waals surface area contributed by atoms with Gasteiger partial charge in [0.15, 0.2) is 0 Å². The highest BCUT2D eigenvalue weighted by atomic mass is 32.1. The summed E-state index contributed by atoms with van der Waals surface area (Å²) in [7, 11) is 1.54. The first-order valence-electron chi connectivity index (χ1n) is 9.02. The number of thiophene rings is 1. The summed E-state index contributed by atoms with van der Waals surface area (Å²) in [5.41, 5.74) is 0.616. The number of hydrogen-bond donors (Lipinski definition) is 1. The van der Waals surface area contributed by atoms with E-state index in [4.69, 9.17) is 4.74 Å². The van der Waals surface area contributed by atoms with Crippen LogP contribution in [-0.2, 0) is 16.1 Å². The summed E-state index contributed by atoms with van der Waals surface area (Å²) >= 11 is 1.31. The molecule has 6 nitrogen and oxygen atoms in total. The number of benzene rings is 1. The zero-order chi connectivity index (χ0) is 19.4. The number of carbonyl (C=O) groups is 2. The first-order chi connectivity index (χ1) is 13.0. The number of rotatable bonds is 6. The Labute approximate surface area is 161 Å². The molecule has 1 aliphatic heterocycles. The second-order valence-electron chi connectivity index (χ2n) is 6.48. The Hall–Kier alpha value is -2.03. The number of ether oxygens (including phenoxy) is 1. The smallest absolute Gasteiger partial charge is 0.264 e. The van der Waals surface area contributed by atoms with E-state index in [-0.39, 0.29) is 24.2 Å². The van der Waals surface area contributed by atoms with E-state index in [0.717, 1.165) is 4.70 Å². The Balaban J connectivity index is 1.74. The minimum atomic E-state index is -0.332. The van der Waals surface area contributed by atoms with Gasteiger partial charge in [-0.25, -0.2) is 4.39 Å². The van der Waals surface area contributed by atoms with Crippen LogP contribution in [0.5, 0.6) is 0 Å². The quantitative estimate of drug-likeness (QED) is 0.816. The Morgan fingerprint density at radius 3 is 2.67 bits per heavy atom. The number of halogens is 1. The molecule has 0 saturated carbocycles. The number of nitrogens with one attached hydrogen (secondary N) is 1. The second kappa shape index (κ2) is 8.77. The largest absolute Gasteiger partial charge is 0.380 e. The monoisotopic (exact) mass is 393 g/mol. The summed E-state index contributed by atoms with van der Waals surface area (Å²) in [6.45, 7) is 5.41. The van der Waals surface area contributed by atoms with E-state index in [9.17, 15) is 14.0 Å². The van der Waals surface area contributed by atoms with Crippen molar-refractivity contribution in [2.75, 3.05) is 46.4 Å². The number of piperazine rings is 1. The SMILES string of the molecule is CCNC(=O)CN1CCN(C(=O)c2sc3cccc(F)c3c2COC)CC1. The zero-order valence-electron chi connectivity index (χ0n) is 15.6. The Bertz CT molecular complexity index is 831. The molecule has 1 saturated heterocycles. The molecule has 27 heavy (non-hydrogen) atoms. The average Bonchev–Trinajstić information content (AvgIpc) is 3.02. The van der Waals surface area contributed by atoms with Crippen molar-refractivity contribution in [3.63, 3.8) is 0 Å². The zero-order valence-corrected chi connectivity index (χ0v) is 16.4. The van der Waals surface area contributed by atoms with E-state index in [1.807, 2.05) is 17.9 Å². The topological polar surface area (TPSA) is 61.9 Å². The molecule has 1 fully saturated rings. The lowest BCUT2D eigenvalue weighted by atomic mass is 10.1. The summed E-state index contributed by atoms with van der Waals surface area (Å²) in [6, 6.07) is 4.88. The molecular formula is C19H24FN3O3S. The van der Waals surface area contributed by atoms with Crippen LogP contribution < -0.4 is 5.32 Å². The van der Waals surface area contributed by atoms with Crippen LogP contribution in [0.15, 0.2) is 18.2 Å². The van der Waals surface area contributed by atoms with Crippen LogP contribution in [0.1, 0.15) is 22.2 Å². The van der Waals surface area contributed by atoms with Gasteiger partial charge in [-0.1, -0.05) is 6.07 Å². The molecule has 1 aromatic carbocycles. The minimum Gasteiger partial charge on any atom is -0.380 e.